The Bertz CT molecular complexity index is 1240. The van der Waals surface area contributed by atoms with E-state index in [9.17, 15) is 14.4 Å². The van der Waals surface area contributed by atoms with E-state index in [2.05, 4.69) is 15.4 Å². The molecule has 0 spiro atoms. The normalized spacial score (nSPS) is 12.6. The van der Waals surface area contributed by atoms with Gasteiger partial charge in [0, 0.05) is 0 Å². The van der Waals surface area contributed by atoms with E-state index < -0.39 is 35.1 Å². The summed E-state index contributed by atoms with van der Waals surface area (Å²) in [6.45, 7) is 10.7. The highest BCUT2D eigenvalue weighted by molar-refractivity contribution is 5.89. The van der Waals surface area contributed by atoms with Gasteiger partial charge in [0.05, 0.1) is 18.5 Å². The van der Waals surface area contributed by atoms with Crippen LogP contribution < -0.4 is 10.1 Å². The summed E-state index contributed by atoms with van der Waals surface area (Å²) < 4.78 is 18.2. The Morgan fingerprint density at radius 3 is 2.27 bits per heavy atom. The third-order valence-corrected chi connectivity index (χ3v) is 4.86. The minimum Gasteiger partial charge on any atom is -0.485 e. The van der Waals surface area contributed by atoms with Crippen LogP contribution in [0.1, 0.15) is 59.2 Å². The Morgan fingerprint density at radius 1 is 0.946 bits per heavy atom. The molecular weight excluding hydrogens is 476 g/mol. The van der Waals surface area contributed by atoms with Crippen molar-refractivity contribution >= 4 is 23.5 Å². The summed E-state index contributed by atoms with van der Waals surface area (Å²) in [4.78, 5) is 42.4. The molecule has 1 N–H and O–H groups in total. The van der Waals surface area contributed by atoms with Crippen LogP contribution in [-0.2, 0) is 36.9 Å². The quantitative estimate of drug-likeness (QED) is 0.435. The van der Waals surface area contributed by atoms with E-state index >= 15 is 0 Å². The molecule has 3 rings (SSSR count). The number of aromatic nitrogens is 3. The second-order valence-electron chi connectivity index (χ2n) is 10.6. The fourth-order valence-corrected chi connectivity index (χ4v) is 3.44. The van der Waals surface area contributed by atoms with E-state index in [1.54, 1.807) is 53.7 Å². The van der Waals surface area contributed by atoms with Crippen LogP contribution >= 0.6 is 0 Å². The smallest absolute Gasteiger partial charge is 0.329 e. The standard InChI is InChI=1S/C27H34N4O6/c1-26(2,3)36-23(33)15-20(25(34)37-27(4,5)6)30-22(32)14-19-12-13-21(24-28-17-29-31(19)24)35-16-18-10-8-7-9-11-18/h7-13,17,20H,14-16H2,1-6H3,(H,30,32)/t20-/m1/s1. The summed E-state index contributed by atoms with van der Waals surface area (Å²) in [5.41, 5.74) is 0.455. The van der Waals surface area contributed by atoms with Crippen LogP contribution in [0.3, 0.4) is 0 Å². The highest BCUT2D eigenvalue weighted by atomic mass is 16.6. The summed E-state index contributed by atoms with van der Waals surface area (Å²) in [6, 6.07) is 11.9. The molecule has 0 saturated heterocycles. The zero-order valence-corrected chi connectivity index (χ0v) is 22.1. The minimum atomic E-state index is -1.21. The number of rotatable bonds is 9. The van der Waals surface area contributed by atoms with Gasteiger partial charge < -0.3 is 19.5 Å². The maximum absolute atomic E-state index is 13.0. The van der Waals surface area contributed by atoms with Crippen LogP contribution in [0.2, 0.25) is 0 Å². The van der Waals surface area contributed by atoms with Crippen molar-refractivity contribution < 1.29 is 28.6 Å². The molecule has 1 atom stereocenters. The second-order valence-corrected chi connectivity index (χ2v) is 10.6. The predicted octanol–water partition coefficient (Wildman–Crippen LogP) is 3.41. The third-order valence-electron chi connectivity index (χ3n) is 4.86. The van der Waals surface area contributed by atoms with E-state index in [4.69, 9.17) is 14.2 Å². The number of amides is 1. The van der Waals surface area contributed by atoms with E-state index in [0.717, 1.165) is 5.56 Å². The Kier molecular flexibility index (Phi) is 8.52. The van der Waals surface area contributed by atoms with Gasteiger partial charge in [-0.15, -0.1) is 0 Å². The number of esters is 2. The van der Waals surface area contributed by atoms with Crippen molar-refractivity contribution in [3.05, 3.63) is 60.0 Å². The van der Waals surface area contributed by atoms with Crippen LogP contribution in [0.25, 0.3) is 5.65 Å². The molecule has 2 heterocycles. The first kappa shape index (κ1) is 27.6. The largest absolute Gasteiger partial charge is 0.485 e. The topological polar surface area (TPSA) is 121 Å². The van der Waals surface area contributed by atoms with Gasteiger partial charge in [-0.2, -0.15) is 5.10 Å². The van der Waals surface area contributed by atoms with Crippen molar-refractivity contribution in [1.82, 2.24) is 19.9 Å². The maximum atomic E-state index is 13.0. The van der Waals surface area contributed by atoms with Crippen molar-refractivity contribution in [2.24, 2.45) is 0 Å². The van der Waals surface area contributed by atoms with Crippen molar-refractivity contribution in [3.63, 3.8) is 0 Å². The Morgan fingerprint density at radius 2 is 1.62 bits per heavy atom. The van der Waals surface area contributed by atoms with Gasteiger partial charge >= 0.3 is 11.9 Å². The lowest BCUT2D eigenvalue weighted by Gasteiger charge is -2.25. The van der Waals surface area contributed by atoms with Gasteiger partial charge in [0.2, 0.25) is 5.91 Å². The lowest BCUT2D eigenvalue weighted by atomic mass is 10.1. The average molecular weight is 511 g/mol. The Labute approximate surface area is 216 Å². The number of pyridine rings is 1. The summed E-state index contributed by atoms with van der Waals surface area (Å²) in [6.07, 6.45) is 0.896. The molecule has 0 aliphatic heterocycles. The number of ether oxygens (including phenoxy) is 3. The van der Waals surface area contributed by atoms with Crippen LogP contribution in [-0.4, -0.2) is 49.7 Å². The van der Waals surface area contributed by atoms with Gasteiger partial charge in [0.1, 0.15) is 30.2 Å². The zero-order valence-electron chi connectivity index (χ0n) is 22.1. The van der Waals surface area contributed by atoms with Gasteiger partial charge in [0.25, 0.3) is 0 Å². The Hall–Kier alpha value is -3.95. The zero-order chi connectivity index (χ0) is 27.2. The molecule has 0 unspecified atom stereocenters. The van der Waals surface area contributed by atoms with E-state index in [-0.39, 0.29) is 12.8 Å². The maximum Gasteiger partial charge on any atom is 0.329 e. The van der Waals surface area contributed by atoms with Gasteiger partial charge in [-0.3, -0.25) is 9.59 Å². The van der Waals surface area contributed by atoms with Crippen LogP contribution in [0, 0.1) is 0 Å². The molecule has 0 radical (unpaired) electrons. The molecule has 1 amide bonds. The summed E-state index contributed by atoms with van der Waals surface area (Å²) in [7, 11) is 0. The van der Waals surface area contributed by atoms with Crippen molar-refractivity contribution in [3.8, 4) is 5.75 Å². The first-order valence-electron chi connectivity index (χ1n) is 12.0. The van der Waals surface area contributed by atoms with Gasteiger partial charge in [-0.25, -0.2) is 14.3 Å². The fourth-order valence-electron chi connectivity index (χ4n) is 3.44. The highest BCUT2D eigenvalue weighted by Crippen LogP contribution is 2.21. The van der Waals surface area contributed by atoms with Crippen molar-refractivity contribution in [1.29, 1.82) is 0 Å². The average Bonchev–Trinajstić information content (AvgIpc) is 3.27. The summed E-state index contributed by atoms with van der Waals surface area (Å²) >= 11 is 0. The first-order chi connectivity index (χ1) is 17.3. The van der Waals surface area contributed by atoms with Crippen LogP contribution in [0.15, 0.2) is 48.8 Å². The molecule has 37 heavy (non-hydrogen) atoms. The fraction of sp³-hybridized carbons (Fsp3) is 0.444. The van der Waals surface area contributed by atoms with Crippen molar-refractivity contribution in [2.45, 2.75) is 78.2 Å². The van der Waals surface area contributed by atoms with Crippen LogP contribution in [0.5, 0.6) is 5.75 Å². The number of benzene rings is 1. The Balaban J connectivity index is 1.72. The van der Waals surface area contributed by atoms with Crippen molar-refractivity contribution in [2.75, 3.05) is 0 Å². The highest BCUT2D eigenvalue weighted by Gasteiger charge is 2.31. The van der Waals surface area contributed by atoms with E-state index in [0.29, 0.717) is 23.7 Å². The third kappa shape index (κ3) is 8.59. The number of fused-ring (bicyclic) bond motifs is 1. The molecule has 1 aromatic carbocycles. The molecule has 0 fully saturated rings. The SMILES string of the molecule is CC(C)(C)OC(=O)C[C@@H](NC(=O)Cc1ccc(OCc2ccccc2)c2ncnn12)C(=O)OC(C)(C)C. The molecule has 2 aromatic heterocycles. The summed E-state index contributed by atoms with van der Waals surface area (Å²) in [5.74, 6) is -1.32. The lowest BCUT2D eigenvalue weighted by Crippen LogP contribution is -2.46. The minimum absolute atomic E-state index is 0.119. The molecule has 198 valence electrons. The van der Waals surface area contributed by atoms with Gasteiger partial charge in [-0.1, -0.05) is 30.3 Å². The lowest BCUT2D eigenvalue weighted by molar-refractivity contribution is -0.165. The number of hydrogen-bond acceptors (Lipinski definition) is 8. The number of carbonyl (C=O) groups is 3. The molecular formula is C27H34N4O6. The van der Waals surface area contributed by atoms with E-state index in [1.165, 1.54) is 10.8 Å². The van der Waals surface area contributed by atoms with Gasteiger partial charge in [-0.05, 0) is 59.2 Å². The molecule has 10 nitrogen and oxygen atoms in total. The molecule has 0 aliphatic rings. The monoisotopic (exact) mass is 510 g/mol. The number of carbonyl (C=O) groups excluding carboxylic acids is 3. The molecule has 3 aromatic rings. The second kappa shape index (κ2) is 11.4. The van der Waals surface area contributed by atoms with Gasteiger partial charge in [0.15, 0.2) is 11.4 Å². The first-order valence-corrected chi connectivity index (χ1v) is 12.0. The van der Waals surface area contributed by atoms with Crippen LogP contribution in [0.4, 0.5) is 0 Å². The molecule has 0 bridgehead atoms. The predicted molar refractivity (Wildman–Crippen MR) is 136 cm³/mol. The molecule has 0 aliphatic carbocycles. The summed E-state index contributed by atoms with van der Waals surface area (Å²) in [5, 5.41) is 6.83. The molecule has 0 saturated carbocycles. The number of nitrogens with zero attached hydrogens (tertiary/aromatic N) is 3. The number of hydrogen-bond donors (Lipinski definition) is 1. The number of nitrogens with one attached hydrogen (secondary N) is 1. The molecule has 10 heteroatoms. The van der Waals surface area contributed by atoms with E-state index in [1.807, 2.05) is 30.3 Å².